The molecule has 0 aromatic heterocycles. The molecule has 9 heteroatoms. The van der Waals surface area contributed by atoms with Gasteiger partial charge >= 0.3 is 0 Å². The highest BCUT2D eigenvalue weighted by Gasteiger charge is 2.29. The number of hydrogen-bond donors (Lipinski definition) is 2. The second-order valence-corrected chi connectivity index (χ2v) is 9.50. The predicted molar refractivity (Wildman–Crippen MR) is 123 cm³/mol. The van der Waals surface area contributed by atoms with Crippen LogP contribution in [0, 0.1) is 6.92 Å². The maximum absolute atomic E-state index is 11.7. The summed E-state index contributed by atoms with van der Waals surface area (Å²) in [5, 5.41) is 6.66. The third-order valence-electron chi connectivity index (χ3n) is 5.17. The SMILES string of the molecule is CN=C(NCC(c1cccc(C)c1)N1CCOCC1)NC1CCS(=O)(=O)C1.I. The monoisotopic (exact) mass is 522 g/mol. The van der Waals surface area contributed by atoms with Gasteiger partial charge in [0.2, 0.25) is 0 Å². The number of morpholine rings is 1. The average molecular weight is 522 g/mol. The van der Waals surface area contributed by atoms with E-state index in [-0.39, 0.29) is 47.6 Å². The van der Waals surface area contributed by atoms with Crippen LogP contribution in [-0.2, 0) is 14.6 Å². The third kappa shape index (κ3) is 6.57. The number of guanidine groups is 1. The molecule has 0 saturated carbocycles. The molecule has 2 aliphatic rings. The lowest BCUT2D eigenvalue weighted by Crippen LogP contribution is -2.48. The third-order valence-corrected chi connectivity index (χ3v) is 6.94. The van der Waals surface area contributed by atoms with Crippen LogP contribution in [0.3, 0.4) is 0 Å². The molecule has 2 unspecified atom stereocenters. The van der Waals surface area contributed by atoms with Gasteiger partial charge < -0.3 is 15.4 Å². The Bertz CT molecular complexity index is 766. The first kappa shape index (κ1) is 23.4. The quantitative estimate of drug-likeness (QED) is 0.345. The lowest BCUT2D eigenvalue weighted by atomic mass is 10.0. The Labute approximate surface area is 185 Å². The Balaban J connectivity index is 0.00000280. The van der Waals surface area contributed by atoms with E-state index >= 15 is 0 Å². The Morgan fingerprint density at radius 2 is 2.11 bits per heavy atom. The normalized spacial score (nSPS) is 23.6. The van der Waals surface area contributed by atoms with Gasteiger partial charge in [-0.25, -0.2) is 8.42 Å². The topological polar surface area (TPSA) is 83.0 Å². The van der Waals surface area contributed by atoms with Crippen LogP contribution in [0.25, 0.3) is 0 Å². The standard InChI is InChI=1S/C19H30N4O3S.HI/c1-15-4-3-5-16(12-15)18(23-7-9-26-10-8-23)13-21-19(20-2)22-17-6-11-27(24,25)14-17;/h3-5,12,17-18H,6-11,13-14H2,1-2H3,(H2,20,21,22);1H. The van der Waals surface area contributed by atoms with Gasteiger partial charge in [-0.15, -0.1) is 24.0 Å². The van der Waals surface area contributed by atoms with E-state index in [2.05, 4.69) is 51.7 Å². The van der Waals surface area contributed by atoms with Gasteiger partial charge in [0.1, 0.15) is 0 Å². The fourth-order valence-corrected chi connectivity index (χ4v) is 5.39. The summed E-state index contributed by atoms with van der Waals surface area (Å²) in [5.74, 6) is 1.09. The van der Waals surface area contributed by atoms with Crippen molar-refractivity contribution in [2.75, 3.05) is 51.4 Å². The molecule has 2 N–H and O–H groups in total. The molecule has 2 atom stereocenters. The summed E-state index contributed by atoms with van der Waals surface area (Å²) < 4.78 is 28.9. The fraction of sp³-hybridized carbons (Fsp3) is 0.632. The zero-order valence-electron chi connectivity index (χ0n) is 16.6. The average Bonchev–Trinajstić information content (AvgIpc) is 3.00. The van der Waals surface area contributed by atoms with Crippen LogP contribution in [0.4, 0.5) is 0 Å². The second kappa shape index (κ2) is 10.7. The molecule has 0 spiro atoms. The molecule has 158 valence electrons. The minimum atomic E-state index is -2.91. The van der Waals surface area contributed by atoms with Crippen LogP contribution in [0.5, 0.6) is 0 Å². The van der Waals surface area contributed by atoms with E-state index < -0.39 is 9.84 Å². The molecule has 3 rings (SSSR count). The first-order valence-electron chi connectivity index (χ1n) is 9.53. The maximum Gasteiger partial charge on any atom is 0.191 e. The summed E-state index contributed by atoms with van der Waals surface area (Å²) in [5.41, 5.74) is 2.51. The Hall–Kier alpha value is -0.910. The summed E-state index contributed by atoms with van der Waals surface area (Å²) in [4.78, 5) is 6.71. The number of nitrogens with zero attached hydrogens (tertiary/aromatic N) is 2. The summed E-state index contributed by atoms with van der Waals surface area (Å²) in [6.07, 6.45) is 0.633. The highest BCUT2D eigenvalue weighted by atomic mass is 127. The zero-order chi connectivity index (χ0) is 19.3. The van der Waals surface area contributed by atoms with Gasteiger partial charge in [-0.3, -0.25) is 9.89 Å². The van der Waals surface area contributed by atoms with Crippen LogP contribution in [0.15, 0.2) is 29.3 Å². The number of ether oxygens (including phenoxy) is 1. The van der Waals surface area contributed by atoms with Crippen molar-refractivity contribution < 1.29 is 13.2 Å². The number of sulfone groups is 1. The Morgan fingerprint density at radius 3 is 2.71 bits per heavy atom. The lowest BCUT2D eigenvalue weighted by Gasteiger charge is -2.35. The van der Waals surface area contributed by atoms with Crippen molar-refractivity contribution in [3.05, 3.63) is 35.4 Å². The van der Waals surface area contributed by atoms with Crippen LogP contribution < -0.4 is 10.6 Å². The van der Waals surface area contributed by atoms with Gasteiger partial charge in [0.05, 0.1) is 30.8 Å². The molecule has 7 nitrogen and oxygen atoms in total. The van der Waals surface area contributed by atoms with Crippen molar-refractivity contribution in [1.82, 2.24) is 15.5 Å². The summed E-state index contributed by atoms with van der Waals surface area (Å²) in [6.45, 7) is 6.09. The highest BCUT2D eigenvalue weighted by Crippen LogP contribution is 2.22. The second-order valence-electron chi connectivity index (χ2n) is 7.28. The number of aryl methyl sites for hydroxylation is 1. The molecule has 0 aliphatic carbocycles. The van der Waals surface area contributed by atoms with E-state index in [0.29, 0.717) is 18.9 Å². The molecule has 1 aromatic rings. The molecule has 0 radical (unpaired) electrons. The van der Waals surface area contributed by atoms with E-state index in [1.165, 1.54) is 11.1 Å². The summed E-state index contributed by atoms with van der Waals surface area (Å²) in [7, 11) is -1.20. The largest absolute Gasteiger partial charge is 0.379 e. The molecule has 2 heterocycles. The number of hydrogen-bond acceptors (Lipinski definition) is 5. The van der Waals surface area contributed by atoms with Crippen LogP contribution in [0.2, 0.25) is 0 Å². The van der Waals surface area contributed by atoms with E-state index in [9.17, 15) is 8.42 Å². The molecule has 28 heavy (non-hydrogen) atoms. The van der Waals surface area contributed by atoms with E-state index in [1.54, 1.807) is 7.05 Å². The van der Waals surface area contributed by atoms with Crippen molar-refractivity contribution in [2.45, 2.75) is 25.4 Å². The zero-order valence-corrected chi connectivity index (χ0v) is 19.7. The summed E-state index contributed by atoms with van der Waals surface area (Å²) >= 11 is 0. The molecular formula is C19H31IN4O3S. The van der Waals surface area contributed by atoms with Crippen molar-refractivity contribution in [3.8, 4) is 0 Å². The van der Waals surface area contributed by atoms with Crippen molar-refractivity contribution in [2.24, 2.45) is 4.99 Å². The molecular weight excluding hydrogens is 491 g/mol. The first-order chi connectivity index (χ1) is 13.0. The van der Waals surface area contributed by atoms with Gasteiger partial charge in [0.15, 0.2) is 15.8 Å². The lowest BCUT2D eigenvalue weighted by molar-refractivity contribution is 0.0170. The van der Waals surface area contributed by atoms with E-state index in [4.69, 9.17) is 4.74 Å². The molecule has 2 saturated heterocycles. The maximum atomic E-state index is 11.7. The highest BCUT2D eigenvalue weighted by molar-refractivity contribution is 14.0. The van der Waals surface area contributed by atoms with Gasteiger partial charge in [0.25, 0.3) is 0 Å². The van der Waals surface area contributed by atoms with Gasteiger partial charge in [-0.05, 0) is 18.9 Å². The van der Waals surface area contributed by atoms with Crippen LogP contribution >= 0.6 is 24.0 Å². The van der Waals surface area contributed by atoms with Crippen molar-refractivity contribution >= 4 is 39.8 Å². The summed E-state index contributed by atoms with van der Waals surface area (Å²) in [6, 6.07) is 8.72. The first-order valence-corrected chi connectivity index (χ1v) is 11.3. The smallest absolute Gasteiger partial charge is 0.191 e. The van der Waals surface area contributed by atoms with Gasteiger partial charge in [-0.1, -0.05) is 29.8 Å². The van der Waals surface area contributed by atoms with Crippen LogP contribution in [-0.4, -0.2) is 76.7 Å². The van der Waals surface area contributed by atoms with Gasteiger partial charge in [0, 0.05) is 32.7 Å². The van der Waals surface area contributed by atoms with Crippen molar-refractivity contribution in [1.29, 1.82) is 0 Å². The molecule has 2 aliphatic heterocycles. The number of nitrogens with one attached hydrogen (secondary N) is 2. The van der Waals surface area contributed by atoms with Gasteiger partial charge in [-0.2, -0.15) is 0 Å². The number of rotatable bonds is 5. The van der Waals surface area contributed by atoms with Crippen molar-refractivity contribution in [3.63, 3.8) is 0 Å². The molecule has 1 aromatic carbocycles. The Morgan fingerprint density at radius 1 is 1.36 bits per heavy atom. The minimum Gasteiger partial charge on any atom is -0.379 e. The van der Waals surface area contributed by atoms with E-state index in [0.717, 1.165) is 26.3 Å². The number of benzene rings is 1. The number of halogens is 1. The fourth-order valence-electron chi connectivity index (χ4n) is 3.71. The molecule has 0 amide bonds. The van der Waals surface area contributed by atoms with Crippen LogP contribution in [0.1, 0.15) is 23.6 Å². The molecule has 0 bridgehead atoms. The minimum absolute atomic E-state index is 0. The number of aliphatic imine (C=N–C) groups is 1. The Kier molecular flexibility index (Phi) is 8.97. The predicted octanol–water partition coefficient (Wildman–Crippen LogP) is 1.34. The van der Waals surface area contributed by atoms with E-state index in [1.807, 2.05) is 0 Å². The molecule has 2 fully saturated rings.